The van der Waals surface area contributed by atoms with Crippen LogP contribution in [0.5, 0.6) is 0 Å². The van der Waals surface area contributed by atoms with Gasteiger partial charge in [0, 0.05) is 13.5 Å². The van der Waals surface area contributed by atoms with Crippen molar-refractivity contribution in [3.63, 3.8) is 0 Å². The number of amides is 1. The molecule has 0 fully saturated rings. The molecule has 4 nitrogen and oxygen atoms in total. The Kier molecular flexibility index (Phi) is 3.41. The zero-order valence-electron chi connectivity index (χ0n) is 8.03. The molecule has 0 aliphatic carbocycles. The molecule has 82 valence electrons. The normalized spacial score (nSPS) is 11.1. The molecule has 0 bridgehead atoms. The maximum atomic E-state index is 12.5. The zero-order chi connectivity index (χ0) is 11.5. The molecule has 0 aliphatic rings. The number of nitrogens with one attached hydrogen (secondary N) is 1. The Bertz CT molecular complexity index is 453. The van der Waals surface area contributed by atoms with Gasteiger partial charge in [0.05, 0.1) is 4.90 Å². The number of hydrogen-bond donors (Lipinski definition) is 1. The Morgan fingerprint density at radius 1 is 1.33 bits per heavy atom. The summed E-state index contributed by atoms with van der Waals surface area (Å²) in [5.74, 6) is -0.183. The van der Waals surface area contributed by atoms with Crippen LogP contribution in [0.1, 0.15) is 12.5 Å². The van der Waals surface area contributed by atoms with Crippen molar-refractivity contribution >= 4 is 16.1 Å². The third-order valence-electron chi connectivity index (χ3n) is 1.75. The second-order valence-corrected chi connectivity index (χ2v) is 4.34. The lowest BCUT2D eigenvalue weighted by Crippen LogP contribution is -2.18. The quantitative estimate of drug-likeness (QED) is 0.789. The van der Waals surface area contributed by atoms with Crippen LogP contribution in [0.3, 0.4) is 0 Å². The van der Waals surface area contributed by atoms with Crippen LogP contribution < -0.4 is 5.32 Å². The van der Waals surface area contributed by atoms with E-state index in [0.717, 1.165) is 12.1 Å². The van der Waals surface area contributed by atoms with Crippen LogP contribution in [-0.4, -0.2) is 14.3 Å². The molecular formula is C9H10FNO3S. The molecule has 6 heteroatoms. The van der Waals surface area contributed by atoms with Crippen LogP contribution >= 0.6 is 0 Å². The second-order valence-electron chi connectivity index (χ2n) is 2.99. The fourth-order valence-corrected chi connectivity index (χ4v) is 1.46. The summed E-state index contributed by atoms with van der Waals surface area (Å²) >= 11 is 0. The van der Waals surface area contributed by atoms with Crippen molar-refractivity contribution in [2.75, 3.05) is 0 Å². The van der Waals surface area contributed by atoms with Gasteiger partial charge in [0.2, 0.25) is 5.91 Å². The molecule has 1 N–H and O–H groups in total. The predicted octanol–water partition coefficient (Wildman–Crippen LogP) is 0.981. The fraction of sp³-hybridized carbons (Fsp3) is 0.222. The van der Waals surface area contributed by atoms with Crippen LogP contribution in [-0.2, 0) is 21.6 Å². The Morgan fingerprint density at radius 2 is 1.87 bits per heavy atom. The molecule has 1 amide bonds. The largest absolute Gasteiger partial charge is 0.352 e. The lowest BCUT2D eigenvalue weighted by atomic mass is 10.2. The van der Waals surface area contributed by atoms with E-state index in [1.54, 1.807) is 0 Å². The highest BCUT2D eigenvalue weighted by molar-refractivity contribution is 7.86. The first-order valence-electron chi connectivity index (χ1n) is 4.17. The van der Waals surface area contributed by atoms with Crippen LogP contribution in [0.15, 0.2) is 29.2 Å². The minimum Gasteiger partial charge on any atom is -0.352 e. The Balaban J connectivity index is 2.77. The van der Waals surface area contributed by atoms with Gasteiger partial charge in [-0.05, 0) is 17.7 Å². The van der Waals surface area contributed by atoms with Gasteiger partial charge in [-0.25, -0.2) is 0 Å². The fourth-order valence-electron chi connectivity index (χ4n) is 0.996. The molecule has 0 saturated carbocycles. The third-order valence-corrected chi connectivity index (χ3v) is 2.58. The number of carbonyl (C=O) groups excluding carboxylic acids is 1. The average molecular weight is 231 g/mol. The van der Waals surface area contributed by atoms with Crippen molar-refractivity contribution in [2.45, 2.75) is 18.4 Å². The number of carbonyl (C=O) groups is 1. The number of halogens is 1. The number of rotatable bonds is 3. The minimum atomic E-state index is -4.64. The van der Waals surface area contributed by atoms with E-state index in [1.807, 2.05) is 0 Å². The summed E-state index contributed by atoms with van der Waals surface area (Å²) < 4.78 is 33.4. The van der Waals surface area contributed by atoms with Gasteiger partial charge in [0.1, 0.15) is 0 Å². The van der Waals surface area contributed by atoms with E-state index in [1.165, 1.54) is 19.1 Å². The summed E-state index contributed by atoms with van der Waals surface area (Å²) in [5.41, 5.74) is 0.706. The monoisotopic (exact) mass is 231 g/mol. The van der Waals surface area contributed by atoms with E-state index < -0.39 is 10.2 Å². The molecule has 1 aromatic rings. The molecule has 0 heterocycles. The van der Waals surface area contributed by atoms with E-state index in [2.05, 4.69) is 5.32 Å². The van der Waals surface area contributed by atoms with Crippen LogP contribution in [0, 0.1) is 0 Å². The van der Waals surface area contributed by atoms with Crippen molar-refractivity contribution in [3.8, 4) is 0 Å². The van der Waals surface area contributed by atoms with Gasteiger partial charge in [-0.15, -0.1) is 3.89 Å². The van der Waals surface area contributed by atoms with E-state index in [9.17, 15) is 17.1 Å². The highest BCUT2D eigenvalue weighted by Gasteiger charge is 2.10. The smallest absolute Gasteiger partial charge is 0.332 e. The summed E-state index contributed by atoms with van der Waals surface area (Å²) in [6, 6.07) is 5.21. The molecule has 1 rings (SSSR count). The van der Waals surface area contributed by atoms with Gasteiger partial charge in [0.25, 0.3) is 0 Å². The van der Waals surface area contributed by atoms with E-state index in [-0.39, 0.29) is 10.8 Å². The van der Waals surface area contributed by atoms with Gasteiger partial charge >= 0.3 is 10.2 Å². The molecule has 0 unspecified atom stereocenters. The first-order valence-corrected chi connectivity index (χ1v) is 5.56. The molecule has 0 spiro atoms. The van der Waals surface area contributed by atoms with Crippen LogP contribution in [0.4, 0.5) is 3.89 Å². The maximum Gasteiger partial charge on any atom is 0.332 e. The highest BCUT2D eigenvalue weighted by Crippen LogP contribution is 2.12. The topological polar surface area (TPSA) is 63.2 Å². The Morgan fingerprint density at radius 3 is 2.27 bits per heavy atom. The lowest BCUT2D eigenvalue weighted by molar-refractivity contribution is -0.119. The molecule has 0 atom stereocenters. The minimum absolute atomic E-state index is 0.183. The van der Waals surface area contributed by atoms with Crippen LogP contribution in [0.2, 0.25) is 0 Å². The van der Waals surface area contributed by atoms with E-state index in [4.69, 9.17) is 0 Å². The van der Waals surface area contributed by atoms with Crippen molar-refractivity contribution < 1.29 is 17.1 Å². The lowest BCUT2D eigenvalue weighted by Gasteiger charge is -2.02. The maximum absolute atomic E-state index is 12.5. The van der Waals surface area contributed by atoms with Gasteiger partial charge in [-0.1, -0.05) is 12.1 Å². The number of hydrogen-bond acceptors (Lipinski definition) is 3. The Labute approximate surface area is 87.3 Å². The summed E-state index contributed by atoms with van der Waals surface area (Å²) in [5, 5.41) is 2.54. The first-order chi connectivity index (χ1) is 6.89. The predicted molar refractivity (Wildman–Crippen MR) is 52.3 cm³/mol. The molecule has 0 saturated heterocycles. The van der Waals surface area contributed by atoms with Gasteiger partial charge < -0.3 is 5.32 Å². The van der Waals surface area contributed by atoms with Gasteiger partial charge in [-0.3, -0.25) is 4.79 Å². The van der Waals surface area contributed by atoms with Gasteiger partial charge in [0.15, 0.2) is 0 Å². The molecular weight excluding hydrogens is 221 g/mol. The molecule has 1 aromatic carbocycles. The number of benzene rings is 1. The van der Waals surface area contributed by atoms with Crippen molar-refractivity contribution in [1.29, 1.82) is 0 Å². The molecule has 0 radical (unpaired) electrons. The van der Waals surface area contributed by atoms with E-state index in [0.29, 0.717) is 12.1 Å². The molecule has 0 aromatic heterocycles. The first kappa shape index (κ1) is 11.6. The zero-order valence-corrected chi connectivity index (χ0v) is 8.84. The van der Waals surface area contributed by atoms with Gasteiger partial charge in [-0.2, -0.15) is 8.42 Å². The highest BCUT2D eigenvalue weighted by atomic mass is 32.3. The van der Waals surface area contributed by atoms with Crippen molar-refractivity contribution in [2.24, 2.45) is 0 Å². The summed E-state index contributed by atoms with van der Waals surface area (Å²) in [4.78, 5) is 10.2. The van der Waals surface area contributed by atoms with Crippen molar-refractivity contribution in [1.82, 2.24) is 5.32 Å². The third kappa shape index (κ3) is 3.67. The van der Waals surface area contributed by atoms with Crippen molar-refractivity contribution in [3.05, 3.63) is 29.8 Å². The second kappa shape index (κ2) is 4.39. The summed E-state index contributed by atoms with van der Waals surface area (Å²) in [6.45, 7) is 1.67. The Hall–Kier alpha value is -1.43. The molecule has 15 heavy (non-hydrogen) atoms. The summed E-state index contributed by atoms with van der Waals surface area (Å²) in [7, 11) is -4.64. The summed E-state index contributed by atoms with van der Waals surface area (Å²) in [6.07, 6.45) is 0. The average Bonchev–Trinajstić information content (AvgIpc) is 2.14. The SMILES string of the molecule is CC(=O)NCc1ccc(S(=O)(=O)F)cc1. The van der Waals surface area contributed by atoms with E-state index >= 15 is 0 Å². The standard InChI is InChI=1S/C9H10FNO3S/c1-7(12)11-6-8-2-4-9(5-3-8)15(10,13)14/h2-5H,6H2,1H3,(H,11,12). The molecule has 0 aliphatic heterocycles. The van der Waals surface area contributed by atoms with Crippen LogP contribution in [0.25, 0.3) is 0 Å².